The molecular weight excluding hydrogens is 254 g/mol. The van der Waals surface area contributed by atoms with Gasteiger partial charge in [0, 0.05) is 12.2 Å². The molecule has 5 nitrogen and oxygen atoms in total. The molecule has 2 rings (SSSR count). The van der Waals surface area contributed by atoms with Crippen LogP contribution >= 0.6 is 0 Å². The van der Waals surface area contributed by atoms with Crippen molar-refractivity contribution in [2.24, 2.45) is 11.8 Å². The predicted molar refractivity (Wildman–Crippen MR) is 77.3 cm³/mol. The van der Waals surface area contributed by atoms with E-state index >= 15 is 0 Å². The molecule has 0 radical (unpaired) electrons. The maximum atomic E-state index is 12.2. The highest BCUT2D eigenvalue weighted by Gasteiger charge is 2.41. The van der Waals surface area contributed by atoms with Gasteiger partial charge in [-0.1, -0.05) is 6.92 Å². The number of rotatable bonds is 5. The zero-order valence-corrected chi connectivity index (χ0v) is 12.8. The lowest BCUT2D eigenvalue weighted by Gasteiger charge is -2.17. The van der Waals surface area contributed by atoms with E-state index in [1.807, 2.05) is 27.0 Å². The maximum Gasteiger partial charge on any atom is 0.226 e. The predicted octanol–water partition coefficient (Wildman–Crippen LogP) is 1.83. The first-order valence-corrected chi connectivity index (χ1v) is 7.42. The van der Waals surface area contributed by atoms with Crippen molar-refractivity contribution in [2.75, 3.05) is 6.54 Å². The molecule has 0 aromatic carbocycles. The lowest BCUT2D eigenvalue weighted by molar-refractivity contribution is -0.127. The molecule has 4 atom stereocenters. The molecule has 1 aromatic heterocycles. The Bertz CT molecular complexity index is 458. The highest BCUT2D eigenvalue weighted by atomic mass is 16.5. The number of aromatic amines is 1. The average molecular weight is 279 g/mol. The van der Waals surface area contributed by atoms with Gasteiger partial charge in [0.05, 0.1) is 24.3 Å². The molecule has 0 spiro atoms. The van der Waals surface area contributed by atoms with E-state index in [0.29, 0.717) is 6.54 Å². The molecule has 4 unspecified atom stereocenters. The van der Waals surface area contributed by atoms with Gasteiger partial charge in [-0.2, -0.15) is 5.10 Å². The topological polar surface area (TPSA) is 67.0 Å². The fraction of sp³-hybridized carbons (Fsp3) is 0.733. The number of amides is 1. The lowest BCUT2D eigenvalue weighted by atomic mass is 9.89. The minimum atomic E-state index is -0.0272. The third-order valence-electron chi connectivity index (χ3n) is 4.40. The Labute approximate surface area is 120 Å². The van der Waals surface area contributed by atoms with E-state index in [-0.39, 0.29) is 30.0 Å². The second kappa shape index (κ2) is 6.39. The molecule has 1 fully saturated rings. The Morgan fingerprint density at radius 1 is 1.40 bits per heavy atom. The van der Waals surface area contributed by atoms with Crippen LogP contribution in [0.3, 0.4) is 0 Å². The molecule has 1 aromatic rings. The number of aromatic nitrogens is 2. The molecule has 1 aliphatic heterocycles. The smallest absolute Gasteiger partial charge is 0.226 e. The molecule has 112 valence electrons. The van der Waals surface area contributed by atoms with Gasteiger partial charge < -0.3 is 10.1 Å². The van der Waals surface area contributed by atoms with Gasteiger partial charge in [-0.15, -0.1) is 0 Å². The fourth-order valence-electron chi connectivity index (χ4n) is 2.95. The molecule has 1 amide bonds. The molecule has 0 saturated carbocycles. The zero-order valence-electron chi connectivity index (χ0n) is 12.8. The Balaban J connectivity index is 1.74. The van der Waals surface area contributed by atoms with E-state index in [2.05, 4.69) is 22.4 Å². The summed E-state index contributed by atoms with van der Waals surface area (Å²) in [5.41, 5.74) is 2.33. The van der Waals surface area contributed by atoms with Crippen LogP contribution in [0.25, 0.3) is 0 Å². The van der Waals surface area contributed by atoms with Gasteiger partial charge in [0.2, 0.25) is 5.91 Å². The van der Waals surface area contributed by atoms with E-state index < -0.39 is 0 Å². The van der Waals surface area contributed by atoms with Gasteiger partial charge >= 0.3 is 0 Å². The van der Waals surface area contributed by atoms with E-state index in [0.717, 1.165) is 18.5 Å². The van der Waals surface area contributed by atoms with E-state index in [1.54, 1.807) is 0 Å². The number of carbonyl (C=O) groups is 1. The third-order valence-corrected chi connectivity index (χ3v) is 4.40. The van der Waals surface area contributed by atoms with Gasteiger partial charge in [0.15, 0.2) is 0 Å². The monoisotopic (exact) mass is 279 g/mol. The second-order valence-electron chi connectivity index (χ2n) is 5.85. The Morgan fingerprint density at radius 3 is 2.70 bits per heavy atom. The highest BCUT2D eigenvalue weighted by molar-refractivity contribution is 5.79. The number of hydrogen-bond donors (Lipinski definition) is 2. The summed E-state index contributed by atoms with van der Waals surface area (Å²) in [5.74, 6) is 0.375. The molecule has 5 heteroatoms. The van der Waals surface area contributed by atoms with Crippen molar-refractivity contribution < 1.29 is 9.53 Å². The van der Waals surface area contributed by atoms with Crippen molar-refractivity contribution in [1.82, 2.24) is 15.5 Å². The maximum absolute atomic E-state index is 12.2. The lowest BCUT2D eigenvalue weighted by Crippen LogP contribution is -2.37. The van der Waals surface area contributed by atoms with Crippen molar-refractivity contribution in [3.8, 4) is 0 Å². The SMILES string of the molecule is Cc1[nH]ncc1CCCNC(=O)C1C(C)OC(C)C1C. The number of carbonyl (C=O) groups excluding carboxylic acids is 1. The second-order valence-corrected chi connectivity index (χ2v) is 5.85. The standard InChI is InChI=1S/C15H25N3O2/c1-9-11(3)20-12(4)14(9)15(19)16-7-5-6-13-8-17-18-10(13)2/h8-9,11-12,14H,5-7H2,1-4H3,(H,16,19)(H,17,18). The van der Waals surface area contributed by atoms with Crippen LogP contribution < -0.4 is 5.32 Å². The quantitative estimate of drug-likeness (QED) is 0.808. The average Bonchev–Trinajstić information content (AvgIpc) is 2.90. The van der Waals surface area contributed by atoms with Crippen LogP contribution in [0.5, 0.6) is 0 Å². The third kappa shape index (κ3) is 3.20. The number of aryl methyl sites for hydroxylation is 2. The van der Waals surface area contributed by atoms with E-state index in [9.17, 15) is 4.79 Å². The number of hydrogen-bond acceptors (Lipinski definition) is 3. The van der Waals surface area contributed by atoms with Gasteiger partial charge in [0.1, 0.15) is 0 Å². The fourth-order valence-corrected chi connectivity index (χ4v) is 2.95. The molecule has 0 aliphatic carbocycles. The summed E-state index contributed by atoms with van der Waals surface area (Å²) >= 11 is 0. The first kappa shape index (κ1) is 15.0. The van der Waals surface area contributed by atoms with Crippen LogP contribution in [0.1, 0.15) is 38.4 Å². The molecule has 1 aliphatic rings. The van der Waals surface area contributed by atoms with Crippen LogP contribution in [0.15, 0.2) is 6.20 Å². The molecule has 0 bridgehead atoms. The summed E-state index contributed by atoms with van der Waals surface area (Å²) in [6.07, 6.45) is 3.89. The van der Waals surface area contributed by atoms with Crippen molar-refractivity contribution in [2.45, 2.75) is 52.7 Å². The molecule has 2 N–H and O–H groups in total. The summed E-state index contributed by atoms with van der Waals surface area (Å²) in [6.45, 7) is 8.83. The van der Waals surface area contributed by atoms with Crippen molar-refractivity contribution >= 4 is 5.91 Å². The van der Waals surface area contributed by atoms with E-state index in [1.165, 1.54) is 5.56 Å². The molecule has 1 saturated heterocycles. The summed E-state index contributed by atoms with van der Waals surface area (Å²) in [4.78, 5) is 12.2. The molecule has 2 heterocycles. The number of nitrogens with zero attached hydrogens (tertiary/aromatic N) is 1. The Morgan fingerprint density at radius 2 is 2.15 bits per heavy atom. The number of H-pyrrole nitrogens is 1. The summed E-state index contributed by atoms with van der Waals surface area (Å²) in [6, 6.07) is 0. The van der Waals surface area contributed by atoms with Gasteiger partial charge in [-0.05, 0) is 45.1 Å². The number of ether oxygens (including phenoxy) is 1. The van der Waals surface area contributed by atoms with E-state index in [4.69, 9.17) is 4.74 Å². The molecule has 20 heavy (non-hydrogen) atoms. The van der Waals surface area contributed by atoms with Crippen molar-refractivity contribution in [1.29, 1.82) is 0 Å². The minimum Gasteiger partial charge on any atom is -0.374 e. The van der Waals surface area contributed by atoms with Crippen LogP contribution in [0.4, 0.5) is 0 Å². The minimum absolute atomic E-state index is 0.0103. The highest BCUT2D eigenvalue weighted by Crippen LogP contribution is 2.32. The number of nitrogens with one attached hydrogen (secondary N) is 2. The Kier molecular flexibility index (Phi) is 4.81. The normalized spacial score (nSPS) is 29.6. The van der Waals surface area contributed by atoms with Crippen LogP contribution in [-0.2, 0) is 16.0 Å². The first-order valence-electron chi connectivity index (χ1n) is 7.42. The molecular formula is C15H25N3O2. The van der Waals surface area contributed by atoms with Crippen LogP contribution in [0.2, 0.25) is 0 Å². The zero-order chi connectivity index (χ0) is 14.7. The summed E-state index contributed by atoms with van der Waals surface area (Å²) in [7, 11) is 0. The Hall–Kier alpha value is -1.36. The van der Waals surface area contributed by atoms with Crippen molar-refractivity contribution in [3.63, 3.8) is 0 Å². The van der Waals surface area contributed by atoms with Gasteiger partial charge in [-0.3, -0.25) is 9.89 Å². The summed E-state index contributed by atoms with van der Waals surface area (Å²) < 4.78 is 5.71. The summed E-state index contributed by atoms with van der Waals surface area (Å²) in [5, 5.41) is 9.96. The largest absolute Gasteiger partial charge is 0.374 e. The van der Waals surface area contributed by atoms with Crippen LogP contribution in [-0.4, -0.2) is 34.9 Å². The van der Waals surface area contributed by atoms with Crippen molar-refractivity contribution in [3.05, 3.63) is 17.5 Å². The first-order chi connectivity index (χ1) is 9.50. The van der Waals surface area contributed by atoms with Gasteiger partial charge in [-0.25, -0.2) is 0 Å². The van der Waals surface area contributed by atoms with Crippen LogP contribution in [0, 0.1) is 18.8 Å². The van der Waals surface area contributed by atoms with Gasteiger partial charge in [0.25, 0.3) is 0 Å².